The van der Waals surface area contributed by atoms with Crippen LogP contribution in [0.3, 0.4) is 0 Å². The van der Waals surface area contributed by atoms with E-state index in [0.717, 1.165) is 0 Å². The molecule has 3 aromatic rings. The number of anilines is 1. The average Bonchev–Trinajstić information content (AvgIpc) is 3.21. The number of ether oxygens (including phenoxy) is 4. The first-order chi connectivity index (χ1) is 13.7. The predicted octanol–water partition coefficient (Wildman–Crippen LogP) is 3.93. The van der Waals surface area contributed by atoms with E-state index in [4.69, 9.17) is 18.9 Å². The molecule has 0 spiro atoms. The van der Waals surface area contributed by atoms with E-state index >= 15 is 0 Å². The molecule has 0 aliphatic carbocycles. The molecular weight excluding hydrogens is 380 g/mol. The van der Waals surface area contributed by atoms with E-state index in [1.165, 1.54) is 18.4 Å². The molecule has 144 valence electrons. The van der Waals surface area contributed by atoms with Crippen molar-refractivity contribution >= 4 is 22.4 Å². The summed E-state index contributed by atoms with van der Waals surface area (Å²) in [5.41, 5.74) is 1.10. The number of nitrogens with zero attached hydrogens (tertiary/aromatic N) is 1. The number of methoxy groups -OCH3 is 2. The molecule has 1 amide bonds. The second-order valence-electron chi connectivity index (χ2n) is 5.96. The van der Waals surface area contributed by atoms with Crippen LogP contribution in [-0.4, -0.2) is 31.7 Å². The van der Waals surface area contributed by atoms with Gasteiger partial charge < -0.3 is 18.9 Å². The van der Waals surface area contributed by atoms with Crippen LogP contribution >= 0.6 is 11.3 Å². The molecule has 2 aromatic carbocycles. The van der Waals surface area contributed by atoms with Crippen molar-refractivity contribution in [3.8, 4) is 23.0 Å². The summed E-state index contributed by atoms with van der Waals surface area (Å²) in [6.07, 6.45) is -0.327. The first-order valence-electron chi connectivity index (χ1n) is 8.55. The largest absolute Gasteiger partial charge is 0.497 e. The van der Waals surface area contributed by atoms with E-state index in [2.05, 4.69) is 10.3 Å². The highest BCUT2D eigenvalue weighted by Crippen LogP contribution is 2.36. The Bertz CT molecular complexity index is 1000. The number of hydrogen-bond acceptors (Lipinski definition) is 7. The highest BCUT2D eigenvalue weighted by Gasteiger charge is 2.25. The van der Waals surface area contributed by atoms with Crippen LogP contribution in [0.2, 0.25) is 0 Å². The van der Waals surface area contributed by atoms with E-state index in [-0.39, 0.29) is 12.0 Å². The number of nitrogens with one attached hydrogen (secondary N) is 1. The van der Waals surface area contributed by atoms with Gasteiger partial charge in [-0.1, -0.05) is 12.1 Å². The Morgan fingerprint density at radius 2 is 2.00 bits per heavy atom. The summed E-state index contributed by atoms with van der Waals surface area (Å²) in [7, 11) is 3.06. The van der Waals surface area contributed by atoms with Crippen LogP contribution in [0.5, 0.6) is 23.0 Å². The van der Waals surface area contributed by atoms with Gasteiger partial charge in [-0.25, -0.2) is 4.98 Å². The zero-order valence-corrected chi connectivity index (χ0v) is 16.1. The predicted molar refractivity (Wildman–Crippen MR) is 105 cm³/mol. The lowest BCUT2D eigenvalue weighted by atomic mass is 10.2. The van der Waals surface area contributed by atoms with Gasteiger partial charge in [0, 0.05) is 11.4 Å². The fourth-order valence-electron chi connectivity index (χ4n) is 2.81. The van der Waals surface area contributed by atoms with Gasteiger partial charge in [0.05, 0.1) is 25.5 Å². The maximum atomic E-state index is 12.6. The van der Waals surface area contributed by atoms with Crippen molar-refractivity contribution in [2.24, 2.45) is 0 Å². The van der Waals surface area contributed by atoms with E-state index in [9.17, 15) is 4.79 Å². The topological polar surface area (TPSA) is 78.9 Å². The van der Waals surface area contributed by atoms with Crippen LogP contribution in [0.1, 0.15) is 22.2 Å². The summed E-state index contributed by atoms with van der Waals surface area (Å²) < 4.78 is 22.1. The van der Waals surface area contributed by atoms with Gasteiger partial charge in [0.1, 0.15) is 18.1 Å². The zero-order valence-electron chi connectivity index (χ0n) is 15.3. The number of benzene rings is 2. The summed E-state index contributed by atoms with van der Waals surface area (Å²) in [6.45, 7) is 0.362. The zero-order chi connectivity index (χ0) is 19.5. The fraction of sp³-hybridized carbons (Fsp3) is 0.200. The average molecular weight is 398 g/mol. The summed E-state index contributed by atoms with van der Waals surface area (Å²) in [5.74, 6) is 2.12. The van der Waals surface area contributed by atoms with Gasteiger partial charge in [-0.2, -0.15) is 0 Å². The normalized spacial score (nSPS) is 15.0. The van der Waals surface area contributed by atoms with Gasteiger partial charge in [-0.05, 0) is 24.3 Å². The monoisotopic (exact) mass is 398 g/mol. The second kappa shape index (κ2) is 7.77. The summed E-state index contributed by atoms with van der Waals surface area (Å²) in [4.78, 5) is 17.1. The van der Waals surface area contributed by atoms with Gasteiger partial charge in [0.2, 0.25) is 0 Å². The first kappa shape index (κ1) is 18.1. The number of carbonyl (C=O) groups excluding carboxylic acids is 1. The molecule has 4 rings (SSSR count). The fourth-order valence-corrected chi connectivity index (χ4v) is 3.55. The number of aromatic nitrogens is 1. The minimum Gasteiger partial charge on any atom is -0.497 e. The summed E-state index contributed by atoms with van der Waals surface area (Å²) in [6, 6.07) is 12.5. The van der Waals surface area contributed by atoms with Crippen molar-refractivity contribution in [2.45, 2.75) is 6.10 Å². The van der Waals surface area contributed by atoms with Crippen molar-refractivity contribution in [1.82, 2.24) is 4.98 Å². The Labute approximate surface area is 165 Å². The third-order valence-corrected chi connectivity index (χ3v) is 5.01. The van der Waals surface area contributed by atoms with E-state index in [1.54, 1.807) is 25.3 Å². The van der Waals surface area contributed by atoms with Crippen molar-refractivity contribution < 1.29 is 23.7 Å². The Balaban J connectivity index is 1.48. The highest BCUT2D eigenvalue weighted by molar-refractivity contribution is 7.14. The van der Waals surface area contributed by atoms with Gasteiger partial charge in [-0.15, -0.1) is 11.3 Å². The number of fused-ring (bicyclic) bond motifs is 1. The van der Waals surface area contributed by atoms with Crippen LogP contribution in [0.25, 0.3) is 0 Å². The molecule has 0 bridgehead atoms. The van der Waals surface area contributed by atoms with Crippen LogP contribution in [-0.2, 0) is 0 Å². The minimum atomic E-state index is -0.327. The SMILES string of the molecule is COc1ccc(C(=O)Nc2nc(C3COc4ccccc4O3)cs2)c(OC)c1. The quantitative estimate of drug-likeness (QED) is 0.702. The molecule has 1 atom stereocenters. The van der Waals surface area contributed by atoms with Crippen LogP contribution in [0, 0.1) is 0 Å². The van der Waals surface area contributed by atoms with Crippen molar-refractivity contribution in [1.29, 1.82) is 0 Å². The van der Waals surface area contributed by atoms with Gasteiger partial charge in [-0.3, -0.25) is 10.1 Å². The Morgan fingerprint density at radius 1 is 1.18 bits per heavy atom. The van der Waals surface area contributed by atoms with Gasteiger partial charge >= 0.3 is 0 Å². The summed E-state index contributed by atoms with van der Waals surface area (Å²) >= 11 is 1.32. The minimum absolute atomic E-state index is 0.313. The number of hydrogen-bond donors (Lipinski definition) is 1. The molecule has 1 aliphatic heterocycles. The Morgan fingerprint density at radius 3 is 2.79 bits per heavy atom. The maximum absolute atomic E-state index is 12.6. The van der Waals surface area contributed by atoms with Crippen LogP contribution in [0.15, 0.2) is 47.8 Å². The van der Waals surface area contributed by atoms with E-state index < -0.39 is 0 Å². The number of rotatable bonds is 5. The first-order valence-corrected chi connectivity index (χ1v) is 9.43. The number of para-hydroxylation sites is 2. The van der Waals surface area contributed by atoms with Gasteiger partial charge in [0.15, 0.2) is 22.7 Å². The third-order valence-electron chi connectivity index (χ3n) is 4.23. The molecule has 1 N–H and O–H groups in total. The lowest BCUT2D eigenvalue weighted by Crippen LogP contribution is -2.22. The molecule has 0 saturated heterocycles. The second-order valence-corrected chi connectivity index (χ2v) is 6.82. The molecule has 2 heterocycles. The molecule has 1 aliphatic rings. The molecular formula is C20H18N2O5S. The lowest BCUT2D eigenvalue weighted by molar-refractivity contribution is 0.0888. The number of thiazole rings is 1. The highest BCUT2D eigenvalue weighted by atomic mass is 32.1. The molecule has 8 heteroatoms. The standard InChI is InChI=1S/C20H18N2O5S/c1-24-12-7-8-13(17(9-12)25-2)19(23)22-20-21-14(11-28-20)18-10-26-15-5-3-4-6-16(15)27-18/h3-9,11,18H,10H2,1-2H3,(H,21,22,23). The van der Waals surface area contributed by atoms with E-state index in [0.29, 0.717) is 46.0 Å². The van der Waals surface area contributed by atoms with Gasteiger partial charge in [0.25, 0.3) is 5.91 Å². The number of carbonyl (C=O) groups is 1. The third kappa shape index (κ3) is 3.59. The van der Waals surface area contributed by atoms with Crippen molar-refractivity contribution in [2.75, 3.05) is 26.1 Å². The molecule has 1 aromatic heterocycles. The van der Waals surface area contributed by atoms with Crippen molar-refractivity contribution in [3.63, 3.8) is 0 Å². The molecule has 0 saturated carbocycles. The maximum Gasteiger partial charge on any atom is 0.261 e. The van der Waals surface area contributed by atoms with Crippen LogP contribution < -0.4 is 24.3 Å². The molecule has 28 heavy (non-hydrogen) atoms. The molecule has 7 nitrogen and oxygen atoms in total. The van der Waals surface area contributed by atoms with Crippen molar-refractivity contribution in [3.05, 3.63) is 59.1 Å². The Kier molecular flexibility index (Phi) is 5.03. The molecule has 1 unspecified atom stereocenters. The molecule has 0 radical (unpaired) electrons. The lowest BCUT2D eigenvalue weighted by Gasteiger charge is -2.25. The van der Waals surface area contributed by atoms with Crippen LogP contribution in [0.4, 0.5) is 5.13 Å². The summed E-state index contributed by atoms with van der Waals surface area (Å²) in [5, 5.41) is 5.12. The number of amides is 1. The molecule has 0 fully saturated rings. The van der Waals surface area contributed by atoms with E-state index in [1.807, 2.05) is 29.6 Å². The smallest absolute Gasteiger partial charge is 0.261 e. The Hall–Kier alpha value is -3.26.